The second kappa shape index (κ2) is 10.2. The number of hydrogen-bond donors (Lipinski definition) is 1. The van der Waals surface area contributed by atoms with Crippen molar-refractivity contribution in [1.82, 2.24) is 19.9 Å². The molecule has 0 saturated heterocycles. The molecule has 2 aliphatic rings. The number of aromatic nitrogens is 3. The quantitative estimate of drug-likeness (QED) is 0.453. The molecule has 0 radical (unpaired) electrons. The topological polar surface area (TPSA) is 104 Å². The van der Waals surface area contributed by atoms with Gasteiger partial charge in [0.1, 0.15) is 0 Å². The molecule has 0 spiro atoms. The monoisotopic (exact) mass is 542 g/mol. The zero-order valence-corrected chi connectivity index (χ0v) is 22.7. The summed E-state index contributed by atoms with van der Waals surface area (Å²) in [7, 11) is 0. The third-order valence-electron chi connectivity index (χ3n) is 7.03. The maximum absolute atomic E-state index is 15.4. The summed E-state index contributed by atoms with van der Waals surface area (Å²) in [6.45, 7) is 9.56. The van der Waals surface area contributed by atoms with Crippen LogP contribution in [-0.2, 0) is 20.9 Å². The largest absolute Gasteiger partial charge is 0.490 e. The van der Waals surface area contributed by atoms with E-state index < -0.39 is 23.5 Å². The lowest BCUT2D eigenvalue weighted by atomic mass is 9.91. The van der Waals surface area contributed by atoms with Crippen LogP contribution in [-0.4, -0.2) is 45.2 Å². The van der Waals surface area contributed by atoms with Crippen LogP contribution in [0.5, 0.6) is 5.75 Å². The van der Waals surface area contributed by atoms with Gasteiger partial charge in [0.15, 0.2) is 29.0 Å². The Balaban J connectivity index is 1.77. The van der Waals surface area contributed by atoms with Gasteiger partial charge in [-0.05, 0) is 77.8 Å². The van der Waals surface area contributed by atoms with Crippen LogP contribution in [0, 0.1) is 25.6 Å². The number of benzene rings is 1. The van der Waals surface area contributed by atoms with Gasteiger partial charge in [-0.3, -0.25) is 9.74 Å². The van der Waals surface area contributed by atoms with Crippen LogP contribution in [0.3, 0.4) is 0 Å². The minimum Gasteiger partial charge on any atom is -0.490 e. The molecule has 3 heterocycles. The molecule has 1 amide bonds. The Morgan fingerprint density at radius 3 is 2.67 bits per heavy atom. The minimum absolute atomic E-state index is 0.113. The molecular formula is C28H32F2N4O5. The molecule has 2 aromatic heterocycles. The predicted molar refractivity (Wildman–Crippen MR) is 138 cm³/mol. The van der Waals surface area contributed by atoms with Crippen molar-refractivity contribution < 1.29 is 32.9 Å². The van der Waals surface area contributed by atoms with E-state index in [1.54, 1.807) is 27.7 Å². The lowest BCUT2D eigenvalue weighted by molar-refractivity contribution is -0.205. The van der Waals surface area contributed by atoms with E-state index >= 15 is 4.39 Å². The first-order valence-electron chi connectivity index (χ1n) is 13.1. The van der Waals surface area contributed by atoms with E-state index in [0.717, 1.165) is 12.8 Å². The fourth-order valence-electron chi connectivity index (χ4n) is 4.99. The lowest BCUT2D eigenvalue weighted by Gasteiger charge is -2.28. The van der Waals surface area contributed by atoms with Crippen LogP contribution in [0.25, 0.3) is 16.9 Å². The number of nitrogens with zero attached hydrogens (tertiary/aromatic N) is 3. The molecule has 3 aromatic rings. The number of carbonyl (C=O) groups excluding carboxylic acids is 2. The van der Waals surface area contributed by atoms with Gasteiger partial charge < -0.3 is 14.8 Å². The summed E-state index contributed by atoms with van der Waals surface area (Å²) in [5.41, 5.74) is 2.05. The van der Waals surface area contributed by atoms with Crippen LogP contribution in [0.2, 0.25) is 0 Å². The van der Waals surface area contributed by atoms with Crippen LogP contribution in [0.1, 0.15) is 79.0 Å². The molecular weight excluding hydrogens is 510 g/mol. The van der Waals surface area contributed by atoms with Crippen LogP contribution < -0.4 is 10.1 Å². The first-order valence-corrected chi connectivity index (χ1v) is 13.1. The Bertz CT molecular complexity index is 1460. The number of halogens is 2. The molecule has 1 aliphatic heterocycles. The number of amides is 1. The summed E-state index contributed by atoms with van der Waals surface area (Å²) in [6.07, 6.45) is 1.91. The average molecular weight is 543 g/mol. The summed E-state index contributed by atoms with van der Waals surface area (Å²) >= 11 is 0. The first-order chi connectivity index (χ1) is 18.5. The zero-order valence-electron chi connectivity index (χ0n) is 22.7. The molecule has 1 fully saturated rings. The Morgan fingerprint density at radius 1 is 1.26 bits per heavy atom. The van der Waals surface area contributed by atoms with Crippen molar-refractivity contribution in [2.75, 3.05) is 13.2 Å². The second-order valence-electron chi connectivity index (χ2n) is 11.2. The van der Waals surface area contributed by atoms with Crippen molar-refractivity contribution in [3.63, 3.8) is 0 Å². The molecule has 208 valence electrons. The van der Waals surface area contributed by atoms with E-state index in [4.69, 9.17) is 9.47 Å². The fraction of sp³-hybridized carbons (Fsp3) is 0.500. The van der Waals surface area contributed by atoms with E-state index in [1.807, 2.05) is 6.92 Å². The van der Waals surface area contributed by atoms with Crippen LogP contribution >= 0.6 is 0 Å². The normalized spacial score (nSPS) is 16.0. The molecule has 11 heteroatoms. The number of aryl methyl sites for hydroxylation is 1. The Hall–Kier alpha value is -3.60. The molecule has 1 saturated carbocycles. The van der Waals surface area contributed by atoms with Crippen molar-refractivity contribution in [1.29, 1.82) is 0 Å². The molecule has 5 rings (SSSR count). The summed E-state index contributed by atoms with van der Waals surface area (Å²) in [5, 5.41) is 7.41. The molecule has 0 unspecified atom stereocenters. The van der Waals surface area contributed by atoms with E-state index in [1.165, 1.54) is 16.6 Å². The van der Waals surface area contributed by atoms with Crippen LogP contribution in [0.15, 0.2) is 12.1 Å². The van der Waals surface area contributed by atoms with Crippen LogP contribution in [0.4, 0.5) is 8.92 Å². The number of fused-ring (bicyclic) bond motifs is 2. The Labute approximate surface area is 224 Å². The van der Waals surface area contributed by atoms with Gasteiger partial charge in [-0.2, -0.15) is 5.10 Å². The molecule has 39 heavy (non-hydrogen) atoms. The van der Waals surface area contributed by atoms with Crippen molar-refractivity contribution >= 4 is 17.5 Å². The van der Waals surface area contributed by atoms with Gasteiger partial charge in [-0.1, -0.05) is 0 Å². The molecule has 0 bridgehead atoms. The highest BCUT2D eigenvalue weighted by Crippen LogP contribution is 2.42. The maximum atomic E-state index is 15.4. The molecule has 9 nitrogen and oxygen atoms in total. The van der Waals surface area contributed by atoms with Crippen molar-refractivity contribution in [2.24, 2.45) is 5.92 Å². The number of carbonyl (C=O) groups is 2. The number of hydrogen-bond acceptors (Lipinski definition) is 7. The summed E-state index contributed by atoms with van der Waals surface area (Å²) in [6, 6.07) is 2.84. The molecule has 1 atom stereocenters. The van der Waals surface area contributed by atoms with Gasteiger partial charge in [-0.15, -0.1) is 0 Å². The highest BCUT2D eigenvalue weighted by molar-refractivity contribution is 5.93. The van der Waals surface area contributed by atoms with Crippen molar-refractivity contribution in [2.45, 2.75) is 72.0 Å². The fourth-order valence-corrected chi connectivity index (χ4v) is 4.99. The van der Waals surface area contributed by atoms with Crippen molar-refractivity contribution in [3.05, 3.63) is 46.0 Å². The van der Waals surface area contributed by atoms with E-state index in [2.05, 4.69) is 20.3 Å². The minimum atomic E-state index is -1.55. The number of ether oxygens (including phenoxy) is 2. The Morgan fingerprint density at radius 2 is 2.00 bits per heavy atom. The molecule has 1 aliphatic carbocycles. The standard InChI is InChI=1S/C28H32F2N4O5/c1-14-17-7-6-10-37-24(17)19(29)11-18(14)23-22(25(27(36)39-30)38-28(3,4)5)15(2)32-21-12-20(33-34(21)23)26(35)31-13-16-8-9-16/h11-12,16,25H,6-10,13H2,1-5H3,(H,31,35)/t25-/m0/s1. The lowest BCUT2D eigenvalue weighted by Crippen LogP contribution is -2.29. The second-order valence-corrected chi connectivity index (χ2v) is 11.2. The maximum Gasteiger partial charge on any atom is 0.381 e. The predicted octanol–water partition coefficient (Wildman–Crippen LogP) is 4.90. The van der Waals surface area contributed by atoms with Gasteiger partial charge in [0.2, 0.25) is 0 Å². The third-order valence-corrected chi connectivity index (χ3v) is 7.03. The van der Waals surface area contributed by atoms with E-state index in [9.17, 15) is 14.1 Å². The van der Waals surface area contributed by atoms with Gasteiger partial charge in [0.25, 0.3) is 5.91 Å². The number of nitrogens with one attached hydrogen (secondary N) is 1. The third kappa shape index (κ3) is 5.32. The number of rotatable bonds is 7. The highest BCUT2D eigenvalue weighted by Gasteiger charge is 2.36. The van der Waals surface area contributed by atoms with Gasteiger partial charge in [-0.25, -0.2) is 18.7 Å². The summed E-state index contributed by atoms with van der Waals surface area (Å²) in [4.78, 5) is 33.9. The Kier molecular flexibility index (Phi) is 7.04. The SMILES string of the molecule is Cc1nc2cc(C(=O)NCC3CC3)nn2c(-c2cc(F)c3c(c2C)CCCO3)c1[C@H](OC(C)(C)C)C(=O)OF. The zero-order chi connectivity index (χ0) is 28.1. The van der Waals surface area contributed by atoms with Gasteiger partial charge >= 0.3 is 5.97 Å². The molecule has 1 aromatic carbocycles. The van der Waals surface area contributed by atoms with Gasteiger partial charge in [0, 0.05) is 39.5 Å². The smallest absolute Gasteiger partial charge is 0.381 e. The molecule has 1 N–H and O–H groups in total. The van der Waals surface area contributed by atoms with Crippen molar-refractivity contribution in [3.8, 4) is 17.0 Å². The van der Waals surface area contributed by atoms with E-state index in [0.29, 0.717) is 59.9 Å². The van der Waals surface area contributed by atoms with E-state index in [-0.39, 0.29) is 28.6 Å². The average Bonchev–Trinajstić information content (AvgIpc) is 3.63. The first kappa shape index (κ1) is 27.0. The summed E-state index contributed by atoms with van der Waals surface area (Å²) in [5.74, 6) is -1.57. The highest BCUT2D eigenvalue weighted by atomic mass is 19.3. The summed E-state index contributed by atoms with van der Waals surface area (Å²) < 4.78 is 41.8. The van der Waals surface area contributed by atoms with Gasteiger partial charge in [0.05, 0.1) is 17.9 Å².